The summed E-state index contributed by atoms with van der Waals surface area (Å²) in [7, 11) is 4.84. The van der Waals surface area contributed by atoms with Crippen LogP contribution in [0, 0.1) is 0 Å². The second-order valence-electron chi connectivity index (χ2n) is 6.96. The lowest BCUT2D eigenvalue weighted by Crippen LogP contribution is -2.52. The molecular weight excluding hydrogens is 386 g/mol. The summed E-state index contributed by atoms with van der Waals surface area (Å²) in [6, 6.07) is 5.78. The number of ether oxygens (including phenoxy) is 3. The van der Waals surface area contributed by atoms with E-state index in [1.54, 1.807) is 27.6 Å². The molecule has 9 heteroatoms. The average molecular weight is 418 g/mol. The predicted octanol–water partition coefficient (Wildman–Crippen LogP) is 1.98. The Bertz CT molecular complexity index is 792. The van der Waals surface area contributed by atoms with Gasteiger partial charge in [0.25, 0.3) is 0 Å². The van der Waals surface area contributed by atoms with Gasteiger partial charge in [0.1, 0.15) is 6.26 Å². The highest BCUT2D eigenvalue weighted by atomic mass is 16.5. The molecule has 0 amide bonds. The molecule has 0 bridgehead atoms. The topological polar surface area (TPSA) is 84.6 Å². The van der Waals surface area contributed by atoms with Gasteiger partial charge in [-0.05, 0) is 24.6 Å². The summed E-state index contributed by atoms with van der Waals surface area (Å²) in [5, 5.41) is 7.41. The van der Waals surface area contributed by atoms with Gasteiger partial charge in [0.15, 0.2) is 17.5 Å². The van der Waals surface area contributed by atoms with Crippen molar-refractivity contribution in [2.45, 2.75) is 20.0 Å². The van der Waals surface area contributed by atoms with Crippen LogP contribution in [0.15, 0.2) is 34.0 Å². The molecule has 0 aliphatic carbocycles. The normalized spacial score (nSPS) is 15.2. The lowest BCUT2D eigenvalue weighted by atomic mass is 10.2. The molecule has 30 heavy (non-hydrogen) atoms. The summed E-state index contributed by atoms with van der Waals surface area (Å²) in [5.74, 6) is 2.76. The smallest absolute Gasteiger partial charge is 0.203 e. The third-order valence-corrected chi connectivity index (χ3v) is 5.02. The van der Waals surface area contributed by atoms with E-state index in [9.17, 15) is 0 Å². The molecule has 1 saturated heterocycles. The molecule has 1 aliphatic heterocycles. The van der Waals surface area contributed by atoms with Crippen LogP contribution >= 0.6 is 0 Å². The van der Waals surface area contributed by atoms with Crippen LogP contribution in [0.25, 0.3) is 0 Å². The number of hydrogen-bond acceptors (Lipinski definition) is 7. The first-order valence-electron chi connectivity index (χ1n) is 10.1. The molecule has 0 unspecified atom stereocenters. The molecule has 164 valence electrons. The number of rotatable bonds is 8. The summed E-state index contributed by atoms with van der Waals surface area (Å²) < 4.78 is 21.2. The zero-order chi connectivity index (χ0) is 21.3. The molecule has 1 N–H and O–H groups in total. The van der Waals surface area contributed by atoms with Gasteiger partial charge in [-0.2, -0.15) is 0 Å². The van der Waals surface area contributed by atoms with Crippen molar-refractivity contribution in [1.29, 1.82) is 0 Å². The van der Waals surface area contributed by atoms with Gasteiger partial charge in [-0.15, -0.1) is 0 Å². The summed E-state index contributed by atoms with van der Waals surface area (Å²) in [6.45, 7) is 7.91. The Labute approximate surface area is 177 Å². The minimum Gasteiger partial charge on any atom is -0.493 e. The fourth-order valence-corrected chi connectivity index (χ4v) is 3.48. The lowest BCUT2D eigenvalue weighted by molar-refractivity contribution is 0.169. The van der Waals surface area contributed by atoms with Gasteiger partial charge in [-0.3, -0.25) is 4.90 Å². The van der Waals surface area contributed by atoms with Gasteiger partial charge in [0.2, 0.25) is 5.75 Å². The van der Waals surface area contributed by atoms with E-state index in [-0.39, 0.29) is 0 Å². The van der Waals surface area contributed by atoms with Crippen molar-refractivity contribution in [3.63, 3.8) is 0 Å². The van der Waals surface area contributed by atoms with Gasteiger partial charge in [0, 0.05) is 45.3 Å². The van der Waals surface area contributed by atoms with Crippen LogP contribution in [0.2, 0.25) is 0 Å². The van der Waals surface area contributed by atoms with Crippen molar-refractivity contribution in [1.82, 2.24) is 20.3 Å². The highest BCUT2D eigenvalue weighted by Crippen LogP contribution is 2.38. The Balaban J connectivity index is 1.66. The van der Waals surface area contributed by atoms with Gasteiger partial charge >= 0.3 is 0 Å². The van der Waals surface area contributed by atoms with Crippen LogP contribution in [0.5, 0.6) is 17.2 Å². The summed E-state index contributed by atoms with van der Waals surface area (Å²) >= 11 is 0. The molecule has 0 atom stereocenters. The van der Waals surface area contributed by atoms with Gasteiger partial charge in [-0.25, -0.2) is 4.99 Å². The van der Waals surface area contributed by atoms with Crippen molar-refractivity contribution in [3.8, 4) is 17.2 Å². The van der Waals surface area contributed by atoms with E-state index in [2.05, 4.69) is 27.2 Å². The Morgan fingerprint density at radius 1 is 1.10 bits per heavy atom. The summed E-state index contributed by atoms with van der Waals surface area (Å²) in [6.07, 6.45) is 1.62. The van der Waals surface area contributed by atoms with Crippen LogP contribution in [0.3, 0.4) is 0 Å². The second kappa shape index (κ2) is 10.7. The van der Waals surface area contributed by atoms with Crippen molar-refractivity contribution in [3.05, 3.63) is 35.7 Å². The summed E-state index contributed by atoms with van der Waals surface area (Å²) in [4.78, 5) is 9.51. The van der Waals surface area contributed by atoms with Crippen LogP contribution in [-0.4, -0.2) is 75.0 Å². The molecule has 0 saturated carbocycles. The first kappa shape index (κ1) is 21.8. The molecule has 1 aromatic carbocycles. The maximum absolute atomic E-state index is 5.45. The van der Waals surface area contributed by atoms with Crippen molar-refractivity contribution in [2.75, 3.05) is 54.1 Å². The Morgan fingerprint density at radius 2 is 1.80 bits per heavy atom. The SMILES string of the molecule is CCNC(=NCc1cc(OC)c(OC)c(OC)c1)N1CCN(Cc2ccon2)CC1. The zero-order valence-electron chi connectivity index (χ0n) is 18.2. The van der Waals surface area contributed by atoms with E-state index in [4.69, 9.17) is 23.7 Å². The first-order chi connectivity index (χ1) is 14.7. The highest BCUT2D eigenvalue weighted by molar-refractivity contribution is 5.80. The number of methoxy groups -OCH3 is 3. The van der Waals surface area contributed by atoms with E-state index in [1.807, 2.05) is 18.2 Å². The molecule has 1 aliphatic rings. The quantitative estimate of drug-likeness (QED) is 0.516. The van der Waals surface area contributed by atoms with Crippen molar-refractivity contribution in [2.24, 2.45) is 4.99 Å². The van der Waals surface area contributed by atoms with Crippen molar-refractivity contribution >= 4 is 5.96 Å². The Morgan fingerprint density at radius 3 is 2.33 bits per heavy atom. The third-order valence-electron chi connectivity index (χ3n) is 5.02. The average Bonchev–Trinajstić information content (AvgIpc) is 3.29. The number of piperazine rings is 1. The molecule has 0 radical (unpaired) electrons. The standard InChI is InChI=1S/C21H31N5O4/c1-5-22-21(26-9-7-25(8-10-26)15-17-6-11-30-24-17)23-14-16-12-18(27-2)20(29-4)19(13-16)28-3/h6,11-13H,5,7-10,14-15H2,1-4H3,(H,22,23). The van der Waals surface area contributed by atoms with Crippen LogP contribution in [-0.2, 0) is 13.1 Å². The number of nitrogens with zero attached hydrogens (tertiary/aromatic N) is 4. The molecule has 2 aromatic rings. The second-order valence-corrected chi connectivity index (χ2v) is 6.96. The number of nitrogens with one attached hydrogen (secondary N) is 1. The first-order valence-corrected chi connectivity index (χ1v) is 10.1. The van der Waals surface area contributed by atoms with Crippen LogP contribution in [0.4, 0.5) is 0 Å². The number of guanidine groups is 1. The maximum Gasteiger partial charge on any atom is 0.203 e. The molecule has 3 rings (SSSR count). The third kappa shape index (κ3) is 5.35. The molecule has 1 fully saturated rings. The largest absolute Gasteiger partial charge is 0.493 e. The number of hydrogen-bond donors (Lipinski definition) is 1. The van der Waals surface area contributed by atoms with E-state index in [1.165, 1.54) is 0 Å². The maximum atomic E-state index is 5.45. The Kier molecular flexibility index (Phi) is 7.78. The molecule has 0 spiro atoms. The zero-order valence-corrected chi connectivity index (χ0v) is 18.2. The minimum absolute atomic E-state index is 0.512. The van der Waals surface area contributed by atoms with E-state index in [0.717, 1.165) is 56.5 Å². The molecule has 9 nitrogen and oxygen atoms in total. The molecule has 1 aromatic heterocycles. The fourth-order valence-electron chi connectivity index (χ4n) is 3.48. The lowest BCUT2D eigenvalue weighted by Gasteiger charge is -2.36. The number of benzene rings is 1. The number of aliphatic imine (C=N–C) groups is 1. The van der Waals surface area contributed by atoms with E-state index in [0.29, 0.717) is 23.8 Å². The Hall–Kier alpha value is -2.94. The van der Waals surface area contributed by atoms with Crippen LogP contribution < -0.4 is 19.5 Å². The molecular formula is C21H31N5O4. The van der Waals surface area contributed by atoms with E-state index < -0.39 is 0 Å². The fraction of sp³-hybridized carbons (Fsp3) is 0.524. The van der Waals surface area contributed by atoms with Crippen molar-refractivity contribution < 1.29 is 18.7 Å². The number of aromatic nitrogens is 1. The van der Waals surface area contributed by atoms with Gasteiger partial charge < -0.3 is 29.0 Å². The molecule has 2 heterocycles. The van der Waals surface area contributed by atoms with Gasteiger partial charge in [0.05, 0.1) is 33.6 Å². The minimum atomic E-state index is 0.512. The van der Waals surface area contributed by atoms with Crippen LogP contribution in [0.1, 0.15) is 18.2 Å². The summed E-state index contributed by atoms with van der Waals surface area (Å²) in [5.41, 5.74) is 1.95. The highest BCUT2D eigenvalue weighted by Gasteiger charge is 2.20. The predicted molar refractivity (Wildman–Crippen MR) is 114 cm³/mol. The monoisotopic (exact) mass is 417 g/mol. The van der Waals surface area contributed by atoms with Gasteiger partial charge in [-0.1, -0.05) is 5.16 Å². The van der Waals surface area contributed by atoms with E-state index >= 15 is 0 Å².